The molecule has 1 fully saturated rings. The normalized spacial score (nSPS) is 33.8. The number of hydrogen-bond acceptors (Lipinski definition) is 5. The molecule has 4 N–H and O–H groups in total. The molecule has 1 rings (SSSR count). The molecule has 1 heterocycles. The van der Waals surface area contributed by atoms with E-state index in [0.717, 1.165) is 19.4 Å². The average molecular weight is 219 g/mol. The van der Waals surface area contributed by atoms with Crippen molar-refractivity contribution in [1.82, 2.24) is 4.90 Å². The van der Waals surface area contributed by atoms with E-state index < -0.39 is 18.2 Å². The molecule has 0 spiro atoms. The van der Waals surface area contributed by atoms with E-state index in [-0.39, 0.29) is 19.3 Å². The smallest absolute Gasteiger partial charge is 0.0951 e. The number of hydrogen-bond donors (Lipinski definition) is 4. The molecular weight excluding hydrogens is 198 g/mol. The maximum absolute atomic E-state index is 9.67. The highest BCUT2D eigenvalue weighted by atomic mass is 16.3. The zero-order chi connectivity index (χ0) is 11.4. The molecule has 0 aromatic heterocycles. The standard InChI is InChI=1S/C10H21NO4/c1-2-3-4-11-7(5-12)10(15)9(11)8(14)6-13/h7-10,12-15H,2-6H2,1H3/t7-,8-,9+,10+/m1/s1. The van der Waals surface area contributed by atoms with Gasteiger partial charge in [0, 0.05) is 0 Å². The second-order valence-electron chi connectivity index (χ2n) is 4.07. The highest BCUT2D eigenvalue weighted by molar-refractivity contribution is 5.03. The van der Waals surface area contributed by atoms with Crippen molar-refractivity contribution in [3.05, 3.63) is 0 Å². The van der Waals surface area contributed by atoms with Gasteiger partial charge in [-0.15, -0.1) is 0 Å². The Morgan fingerprint density at radius 1 is 1.33 bits per heavy atom. The Bertz CT molecular complexity index is 190. The molecule has 1 aliphatic heterocycles. The lowest BCUT2D eigenvalue weighted by molar-refractivity contribution is -0.176. The quantitative estimate of drug-likeness (QED) is 0.439. The molecule has 0 bridgehead atoms. The summed E-state index contributed by atoms with van der Waals surface area (Å²) in [6.45, 7) is 2.32. The Kier molecular flexibility index (Phi) is 4.95. The lowest BCUT2D eigenvalue weighted by Crippen LogP contribution is -2.73. The molecule has 1 saturated heterocycles. The number of likely N-dealkylation sites (tertiary alicyclic amines) is 1. The SMILES string of the molecule is CCCCN1[C@@H]([C@H](O)CO)[C@@H](O)[C@H]1CO. The van der Waals surface area contributed by atoms with Gasteiger partial charge in [-0.25, -0.2) is 0 Å². The Balaban J connectivity index is 2.53. The van der Waals surface area contributed by atoms with Crippen LogP contribution in [0.3, 0.4) is 0 Å². The molecule has 0 aliphatic carbocycles. The first kappa shape index (κ1) is 12.9. The third kappa shape index (κ3) is 2.49. The van der Waals surface area contributed by atoms with Gasteiger partial charge >= 0.3 is 0 Å². The Morgan fingerprint density at radius 3 is 2.47 bits per heavy atom. The third-order valence-corrected chi connectivity index (χ3v) is 3.09. The van der Waals surface area contributed by atoms with E-state index in [2.05, 4.69) is 6.92 Å². The van der Waals surface area contributed by atoms with Crippen molar-refractivity contribution in [3.63, 3.8) is 0 Å². The Hall–Kier alpha value is -0.200. The minimum absolute atomic E-state index is 0.112. The number of unbranched alkanes of at least 4 members (excludes halogenated alkanes) is 1. The van der Waals surface area contributed by atoms with Crippen LogP contribution >= 0.6 is 0 Å². The summed E-state index contributed by atoms with van der Waals surface area (Å²) >= 11 is 0. The highest BCUT2D eigenvalue weighted by Crippen LogP contribution is 2.28. The zero-order valence-electron chi connectivity index (χ0n) is 9.08. The fourth-order valence-electron chi connectivity index (χ4n) is 2.16. The predicted octanol–water partition coefficient (Wildman–Crippen LogP) is -1.45. The fraction of sp³-hybridized carbons (Fsp3) is 1.00. The van der Waals surface area contributed by atoms with E-state index in [1.54, 1.807) is 0 Å². The molecule has 0 amide bonds. The van der Waals surface area contributed by atoms with Crippen molar-refractivity contribution < 1.29 is 20.4 Å². The summed E-state index contributed by atoms with van der Waals surface area (Å²) in [5.41, 5.74) is 0. The van der Waals surface area contributed by atoms with Gasteiger partial charge in [0.1, 0.15) is 0 Å². The van der Waals surface area contributed by atoms with E-state index in [1.807, 2.05) is 4.90 Å². The minimum atomic E-state index is -0.931. The van der Waals surface area contributed by atoms with Gasteiger partial charge in [-0.2, -0.15) is 0 Å². The number of aliphatic hydroxyl groups is 4. The molecule has 15 heavy (non-hydrogen) atoms. The summed E-state index contributed by atoms with van der Waals surface area (Å²) in [6.07, 6.45) is 0.304. The van der Waals surface area contributed by atoms with Crippen molar-refractivity contribution in [2.24, 2.45) is 0 Å². The van der Waals surface area contributed by atoms with Crippen LogP contribution in [0.4, 0.5) is 0 Å². The summed E-state index contributed by atoms with van der Waals surface area (Å²) < 4.78 is 0. The monoisotopic (exact) mass is 219 g/mol. The van der Waals surface area contributed by atoms with Gasteiger partial charge in [0.2, 0.25) is 0 Å². The largest absolute Gasteiger partial charge is 0.395 e. The molecule has 0 aromatic rings. The maximum atomic E-state index is 9.67. The Morgan fingerprint density at radius 2 is 2.00 bits per heavy atom. The number of nitrogens with zero attached hydrogens (tertiary/aromatic N) is 1. The summed E-state index contributed by atoms with van der Waals surface area (Å²) in [5, 5.41) is 37.1. The van der Waals surface area contributed by atoms with Crippen LogP contribution < -0.4 is 0 Å². The molecule has 0 radical (unpaired) electrons. The van der Waals surface area contributed by atoms with Gasteiger partial charge in [0.05, 0.1) is 37.5 Å². The lowest BCUT2D eigenvalue weighted by Gasteiger charge is -2.53. The molecule has 0 aromatic carbocycles. The van der Waals surface area contributed by atoms with E-state index >= 15 is 0 Å². The van der Waals surface area contributed by atoms with Gasteiger partial charge in [0.15, 0.2) is 0 Å². The summed E-state index contributed by atoms with van der Waals surface area (Å²) in [4.78, 5) is 1.87. The van der Waals surface area contributed by atoms with Crippen LogP contribution in [-0.2, 0) is 0 Å². The van der Waals surface area contributed by atoms with Crippen LogP contribution in [-0.4, -0.2) is 69.4 Å². The van der Waals surface area contributed by atoms with Crippen LogP contribution in [0, 0.1) is 0 Å². The summed E-state index contributed by atoms with van der Waals surface area (Å²) in [7, 11) is 0. The molecule has 90 valence electrons. The van der Waals surface area contributed by atoms with Crippen molar-refractivity contribution in [2.75, 3.05) is 19.8 Å². The van der Waals surface area contributed by atoms with Gasteiger partial charge in [0.25, 0.3) is 0 Å². The molecule has 1 aliphatic rings. The molecule has 5 nitrogen and oxygen atoms in total. The van der Waals surface area contributed by atoms with Crippen molar-refractivity contribution >= 4 is 0 Å². The van der Waals surface area contributed by atoms with E-state index in [0.29, 0.717) is 0 Å². The molecule has 0 unspecified atom stereocenters. The summed E-state index contributed by atoms with van der Waals surface area (Å²) in [5.74, 6) is 0. The predicted molar refractivity (Wildman–Crippen MR) is 55.4 cm³/mol. The van der Waals surface area contributed by atoms with Crippen LogP contribution in [0.15, 0.2) is 0 Å². The first-order valence-electron chi connectivity index (χ1n) is 5.51. The Labute approximate surface area is 90.0 Å². The fourth-order valence-corrected chi connectivity index (χ4v) is 2.16. The topological polar surface area (TPSA) is 84.2 Å². The first-order chi connectivity index (χ1) is 7.17. The maximum Gasteiger partial charge on any atom is 0.0951 e. The second-order valence-corrected chi connectivity index (χ2v) is 4.07. The van der Waals surface area contributed by atoms with Gasteiger partial charge in [-0.05, 0) is 13.0 Å². The van der Waals surface area contributed by atoms with Crippen LogP contribution in [0.25, 0.3) is 0 Å². The van der Waals surface area contributed by atoms with Crippen LogP contribution in [0.1, 0.15) is 19.8 Å². The van der Waals surface area contributed by atoms with Crippen LogP contribution in [0.5, 0.6) is 0 Å². The van der Waals surface area contributed by atoms with Crippen LogP contribution in [0.2, 0.25) is 0 Å². The molecule has 4 atom stereocenters. The minimum Gasteiger partial charge on any atom is -0.395 e. The average Bonchev–Trinajstić information content (AvgIpc) is 2.24. The lowest BCUT2D eigenvalue weighted by atomic mass is 9.85. The van der Waals surface area contributed by atoms with Crippen molar-refractivity contribution in [2.45, 2.75) is 44.1 Å². The first-order valence-corrected chi connectivity index (χ1v) is 5.51. The summed E-state index contributed by atoms with van der Waals surface area (Å²) in [6, 6.07) is -0.721. The van der Waals surface area contributed by atoms with Gasteiger partial charge in [-0.3, -0.25) is 4.90 Å². The van der Waals surface area contributed by atoms with Gasteiger partial charge < -0.3 is 20.4 Å². The van der Waals surface area contributed by atoms with Crippen molar-refractivity contribution in [1.29, 1.82) is 0 Å². The number of aliphatic hydroxyl groups excluding tert-OH is 4. The molecule has 5 heteroatoms. The molecular formula is C10H21NO4. The molecule has 0 saturated carbocycles. The second kappa shape index (κ2) is 5.77. The van der Waals surface area contributed by atoms with E-state index in [1.165, 1.54) is 0 Å². The van der Waals surface area contributed by atoms with E-state index in [4.69, 9.17) is 10.2 Å². The zero-order valence-corrected chi connectivity index (χ0v) is 9.08. The highest BCUT2D eigenvalue weighted by Gasteiger charge is 2.49. The van der Waals surface area contributed by atoms with Gasteiger partial charge in [-0.1, -0.05) is 13.3 Å². The third-order valence-electron chi connectivity index (χ3n) is 3.09. The van der Waals surface area contributed by atoms with Crippen molar-refractivity contribution in [3.8, 4) is 0 Å². The van der Waals surface area contributed by atoms with E-state index in [9.17, 15) is 10.2 Å². The number of rotatable bonds is 6.